The van der Waals surface area contributed by atoms with Crippen molar-refractivity contribution in [1.82, 2.24) is 10.3 Å². The van der Waals surface area contributed by atoms with Crippen molar-refractivity contribution in [2.24, 2.45) is 0 Å². The second kappa shape index (κ2) is 6.04. The summed E-state index contributed by atoms with van der Waals surface area (Å²) < 4.78 is 26.3. The SMILES string of the molecule is O=C(NCc1cccc([N+](=O)[O-])c1)c1ccnc(F)c1F. The van der Waals surface area contributed by atoms with E-state index >= 15 is 0 Å². The third-order valence-electron chi connectivity index (χ3n) is 2.67. The Balaban J connectivity index is 2.09. The molecule has 2 rings (SSSR count). The van der Waals surface area contributed by atoms with Crippen LogP contribution in [-0.2, 0) is 6.54 Å². The van der Waals surface area contributed by atoms with Crippen molar-refractivity contribution >= 4 is 11.6 Å². The predicted octanol–water partition coefficient (Wildman–Crippen LogP) is 2.20. The molecule has 21 heavy (non-hydrogen) atoms. The molecule has 0 radical (unpaired) electrons. The Morgan fingerprint density at radius 3 is 2.81 bits per heavy atom. The van der Waals surface area contributed by atoms with Crippen LogP contribution in [0, 0.1) is 21.9 Å². The van der Waals surface area contributed by atoms with Crippen LogP contribution in [0.5, 0.6) is 0 Å². The van der Waals surface area contributed by atoms with Gasteiger partial charge in [0.25, 0.3) is 11.6 Å². The second-order valence-electron chi connectivity index (χ2n) is 4.07. The number of benzene rings is 1. The molecule has 0 aliphatic heterocycles. The molecule has 1 amide bonds. The van der Waals surface area contributed by atoms with Crippen LogP contribution in [0.1, 0.15) is 15.9 Å². The van der Waals surface area contributed by atoms with E-state index in [0.29, 0.717) is 5.56 Å². The number of nitrogens with one attached hydrogen (secondary N) is 1. The van der Waals surface area contributed by atoms with E-state index in [4.69, 9.17) is 0 Å². The predicted molar refractivity (Wildman–Crippen MR) is 68.4 cm³/mol. The minimum Gasteiger partial charge on any atom is -0.348 e. The molecule has 1 aromatic heterocycles. The smallest absolute Gasteiger partial charge is 0.269 e. The molecule has 0 bridgehead atoms. The first-order valence-electron chi connectivity index (χ1n) is 5.80. The zero-order valence-electron chi connectivity index (χ0n) is 10.5. The molecular weight excluding hydrogens is 284 g/mol. The summed E-state index contributed by atoms with van der Waals surface area (Å²) in [4.78, 5) is 24.9. The van der Waals surface area contributed by atoms with Crippen LogP contribution in [0.4, 0.5) is 14.5 Å². The Morgan fingerprint density at radius 2 is 2.10 bits per heavy atom. The Labute approximate surface area is 117 Å². The van der Waals surface area contributed by atoms with E-state index in [1.165, 1.54) is 18.2 Å². The fourth-order valence-corrected chi connectivity index (χ4v) is 1.65. The molecule has 0 aliphatic carbocycles. The lowest BCUT2D eigenvalue weighted by Gasteiger charge is -2.06. The van der Waals surface area contributed by atoms with Crippen LogP contribution >= 0.6 is 0 Å². The molecule has 8 heteroatoms. The van der Waals surface area contributed by atoms with Crippen molar-refractivity contribution in [3.05, 3.63) is 69.5 Å². The highest BCUT2D eigenvalue weighted by atomic mass is 19.2. The van der Waals surface area contributed by atoms with Gasteiger partial charge in [-0.2, -0.15) is 4.39 Å². The second-order valence-corrected chi connectivity index (χ2v) is 4.07. The molecule has 1 aromatic carbocycles. The first-order valence-corrected chi connectivity index (χ1v) is 5.80. The van der Waals surface area contributed by atoms with Crippen LogP contribution in [0.3, 0.4) is 0 Å². The van der Waals surface area contributed by atoms with E-state index in [1.807, 2.05) is 0 Å². The van der Waals surface area contributed by atoms with Gasteiger partial charge in [0.05, 0.1) is 10.5 Å². The number of carbonyl (C=O) groups is 1. The summed E-state index contributed by atoms with van der Waals surface area (Å²) in [6.45, 7) is -0.0517. The molecule has 0 unspecified atom stereocenters. The lowest BCUT2D eigenvalue weighted by atomic mass is 10.2. The van der Waals surface area contributed by atoms with E-state index < -0.39 is 28.2 Å². The van der Waals surface area contributed by atoms with Crippen LogP contribution in [0.15, 0.2) is 36.5 Å². The van der Waals surface area contributed by atoms with Gasteiger partial charge in [0.15, 0.2) is 5.82 Å². The molecule has 0 aliphatic rings. The molecule has 1 heterocycles. The quantitative estimate of drug-likeness (QED) is 0.532. The fourth-order valence-electron chi connectivity index (χ4n) is 1.65. The standard InChI is InChI=1S/C13H9F2N3O3/c14-11-10(4-5-16-12(11)15)13(19)17-7-8-2-1-3-9(6-8)18(20)21/h1-6H,7H2,(H,17,19). The van der Waals surface area contributed by atoms with Crippen molar-refractivity contribution in [3.63, 3.8) is 0 Å². The molecule has 0 saturated carbocycles. The van der Waals surface area contributed by atoms with Gasteiger partial charge < -0.3 is 5.32 Å². The molecule has 0 spiro atoms. The summed E-state index contributed by atoms with van der Waals surface area (Å²) in [6, 6.07) is 6.66. The third kappa shape index (κ3) is 3.35. The molecular formula is C13H9F2N3O3. The van der Waals surface area contributed by atoms with Crippen LogP contribution < -0.4 is 5.32 Å². The third-order valence-corrected chi connectivity index (χ3v) is 2.67. The molecule has 1 N–H and O–H groups in total. The first-order chi connectivity index (χ1) is 9.99. The highest BCUT2D eigenvalue weighted by molar-refractivity contribution is 5.94. The zero-order valence-corrected chi connectivity index (χ0v) is 10.5. The number of hydrogen-bond acceptors (Lipinski definition) is 4. The van der Waals surface area contributed by atoms with Gasteiger partial charge in [0.1, 0.15) is 0 Å². The average molecular weight is 293 g/mol. The highest BCUT2D eigenvalue weighted by Gasteiger charge is 2.16. The van der Waals surface area contributed by atoms with E-state index in [1.54, 1.807) is 6.07 Å². The topological polar surface area (TPSA) is 85.1 Å². The van der Waals surface area contributed by atoms with E-state index in [9.17, 15) is 23.7 Å². The fraction of sp³-hybridized carbons (Fsp3) is 0.0769. The van der Waals surface area contributed by atoms with Gasteiger partial charge in [0, 0.05) is 24.9 Å². The van der Waals surface area contributed by atoms with E-state index in [2.05, 4.69) is 10.3 Å². The summed E-state index contributed by atoms with van der Waals surface area (Å²) in [6.07, 6.45) is 0.973. The molecule has 0 saturated heterocycles. The lowest BCUT2D eigenvalue weighted by Crippen LogP contribution is -2.24. The minimum absolute atomic E-state index is 0.0517. The number of non-ortho nitro benzene ring substituents is 1. The Bertz CT molecular complexity index is 707. The van der Waals surface area contributed by atoms with Crippen molar-refractivity contribution in [2.75, 3.05) is 0 Å². The maximum absolute atomic E-state index is 13.4. The van der Waals surface area contributed by atoms with Crippen LogP contribution in [0.2, 0.25) is 0 Å². The highest BCUT2D eigenvalue weighted by Crippen LogP contribution is 2.13. The summed E-state index contributed by atoms with van der Waals surface area (Å²) >= 11 is 0. The number of nitrogens with zero attached hydrogens (tertiary/aromatic N) is 2. The van der Waals surface area contributed by atoms with Gasteiger partial charge in [0.2, 0.25) is 5.95 Å². The molecule has 0 fully saturated rings. The molecule has 108 valence electrons. The number of nitro benzene ring substituents is 1. The van der Waals surface area contributed by atoms with Gasteiger partial charge in [-0.05, 0) is 11.6 Å². The Morgan fingerprint density at radius 1 is 1.33 bits per heavy atom. The van der Waals surface area contributed by atoms with Crippen molar-refractivity contribution in [2.45, 2.75) is 6.54 Å². The number of nitro groups is 1. The maximum atomic E-state index is 13.4. The first kappa shape index (κ1) is 14.5. The van der Waals surface area contributed by atoms with Gasteiger partial charge in [-0.1, -0.05) is 12.1 Å². The van der Waals surface area contributed by atoms with Gasteiger partial charge in [-0.15, -0.1) is 0 Å². The zero-order chi connectivity index (χ0) is 15.4. The summed E-state index contributed by atoms with van der Waals surface area (Å²) in [5.41, 5.74) is -0.136. The molecule has 6 nitrogen and oxygen atoms in total. The van der Waals surface area contributed by atoms with Gasteiger partial charge in [-0.25, -0.2) is 9.37 Å². The number of amides is 1. The average Bonchev–Trinajstić information content (AvgIpc) is 2.48. The number of hydrogen-bond donors (Lipinski definition) is 1. The normalized spacial score (nSPS) is 10.2. The Kier molecular flexibility index (Phi) is 4.17. The summed E-state index contributed by atoms with van der Waals surface area (Å²) in [7, 11) is 0. The lowest BCUT2D eigenvalue weighted by molar-refractivity contribution is -0.384. The van der Waals surface area contributed by atoms with Crippen molar-refractivity contribution in [1.29, 1.82) is 0 Å². The Hall–Kier alpha value is -2.90. The number of aromatic nitrogens is 1. The number of carbonyl (C=O) groups excluding carboxylic acids is 1. The van der Waals surface area contributed by atoms with Gasteiger partial charge >= 0.3 is 0 Å². The summed E-state index contributed by atoms with van der Waals surface area (Å²) in [5, 5.41) is 13.0. The van der Waals surface area contributed by atoms with Crippen molar-refractivity contribution < 1.29 is 18.5 Å². The number of rotatable bonds is 4. The van der Waals surface area contributed by atoms with E-state index in [-0.39, 0.29) is 12.2 Å². The maximum Gasteiger partial charge on any atom is 0.269 e. The van der Waals surface area contributed by atoms with E-state index in [0.717, 1.165) is 12.3 Å². The molecule has 2 aromatic rings. The minimum atomic E-state index is -1.36. The number of pyridine rings is 1. The van der Waals surface area contributed by atoms with Gasteiger partial charge in [-0.3, -0.25) is 14.9 Å². The summed E-state index contributed by atoms with van der Waals surface area (Å²) in [5.74, 6) is -3.53. The van der Waals surface area contributed by atoms with Crippen LogP contribution in [-0.4, -0.2) is 15.8 Å². The largest absolute Gasteiger partial charge is 0.348 e. The monoisotopic (exact) mass is 293 g/mol. The van der Waals surface area contributed by atoms with Crippen molar-refractivity contribution in [3.8, 4) is 0 Å². The molecule has 0 atom stereocenters. The van der Waals surface area contributed by atoms with Crippen LogP contribution in [0.25, 0.3) is 0 Å². The number of halogens is 2.